The third kappa shape index (κ3) is 3.55. The van der Waals surface area contributed by atoms with Crippen LogP contribution in [0.3, 0.4) is 0 Å². The summed E-state index contributed by atoms with van der Waals surface area (Å²) in [5.41, 5.74) is 3.00. The molecule has 1 unspecified atom stereocenters. The van der Waals surface area contributed by atoms with Crippen molar-refractivity contribution in [2.75, 3.05) is 4.90 Å². The molecular formula is C26H25NO3. The van der Waals surface area contributed by atoms with Crippen LogP contribution >= 0.6 is 0 Å². The molecule has 0 spiro atoms. The molecule has 1 aliphatic heterocycles. The first kappa shape index (κ1) is 20.0. The van der Waals surface area contributed by atoms with Crippen molar-refractivity contribution in [3.05, 3.63) is 101 Å². The Kier molecular flexibility index (Phi) is 5.27. The first-order valence-electron chi connectivity index (χ1n) is 10.2. The molecule has 1 atom stereocenters. The van der Waals surface area contributed by atoms with Gasteiger partial charge in [-0.1, -0.05) is 79.2 Å². The molecule has 30 heavy (non-hydrogen) atoms. The second-order valence-corrected chi connectivity index (χ2v) is 7.91. The molecule has 4 nitrogen and oxygen atoms in total. The molecule has 0 saturated carbocycles. The predicted molar refractivity (Wildman–Crippen MR) is 117 cm³/mol. The Morgan fingerprint density at radius 1 is 0.967 bits per heavy atom. The molecule has 4 rings (SSSR count). The number of carbonyl (C=O) groups is 2. The lowest BCUT2D eigenvalue weighted by Gasteiger charge is -2.23. The Labute approximate surface area is 176 Å². The van der Waals surface area contributed by atoms with E-state index in [1.165, 1.54) is 0 Å². The van der Waals surface area contributed by atoms with E-state index in [4.69, 9.17) is 0 Å². The number of Topliss-reactive ketones (excluding diaryl/α,β-unsaturated/α-hetero) is 1. The minimum Gasteiger partial charge on any atom is -0.375 e. The summed E-state index contributed by atoms with van der Waals surface area (Å²) >= 11 is 0. The molecule has 3 aromatic rings. The Hall–Kier alpha value is -3.24. The van der Waals surface area contributed by atoms with Crippen LogP contribution in [0.5, 0.6) is 0 Å². The van der Waals surface area contributed by atoms with Crippen LogP contribution in [0, 0.1) is 6.92 Å². The molecule has 1 N–H and O–H groups in total. The highest BCUT2D eigenvalue weighted by Gasteiger charge is 2.50. The number of para-hydroxylation sites is 1. The molecule has 1 aliphatic rings. The van der Waals surface area contributed by atoms with E-state index < -0.39 is 11.5 Å². The summed E-state index contributed by atoms with van der Waals surface area (Å²) in [5, 5.41) is 11.4. The van der Waals surface area contributed by atoms with E-state index in [0.29, 0.717) is 23.4 Å². The van der Waals surface area contributed by atoms with Crippen LogP contribution in [-0.4, -0.2) is 16.8 Å². The number of amides is 1. The van der Waals surface area contributed by atoms with Gasteiger partial charge in [0, 0.05) is 11.1 Å². The van der Waals surface area contributed by atoms with E-state index >= 15 is 0 Å². The fourth-order valence-corrected chi connectivity index (χ4v) is 4.09. The zero-order valence-electron chi connectivity index (χ0n) is 17.3. The lowest BCUT2D eigenvalue weighted by Crippen LogP contribution is -2.41. The summed E-state index contributed by atoms with van der Waals surface area (Å²) in [7, 11) is 0. The van der Waals surface area contributed by atoms with Gasteiger partial charge in [-0.2, -0.15) is 0 Å². The van der Waals surface area contributed by atoms with Gasteiger partial charge in [-0.15, -0.1) is 0 Å². The van der Waals surface area contributed by atoms with Crippen LogP contribution in [0.15, 0.2) is 72.8 Å². The smallest absolute Gasteiger partial charge is 0.264 e. The van der Waals surface area contributed by atoms with Crippen LogP contribution in [0.2, 0.25) is 0 Å². The summed E-state index contributed by atoms with van der Waals surface area (Å²) in [6.45, 7) is 4.40. The maximum Gasteiger partial charge on any atom is 0.264 e. The van der Waals surface area contributed by atoms with Crippen molar-refractivity contribution in [2.24, 2.45) is 0 Å². The number of fused-ring (bicyclic) bond motifs is 1. The largest absolute Gasteiger partial charge is 0.375 e. The van der Waals surface area contributed by atoms with Crippen LogP contribution in [0.4, 0.5) is 5.69 Å². The predicted octanol–water partition coefficient (Wildman–Crippen LogP) is 4.56. The molecule has 1 amide bonds. The molecule has 152 valence electrons. The zero-order valence-corrected chi connectivity index (χ0v) is 17.3. The number of ketones is 1. The fraction of sp³-hybridized carbons (Fsp3) is 0.231. The first-order chi connectivity index (χ1) is 14.4. The van der Waals surface area contributed by atoms with Gasteiger partial charge < -0.3 is 10.0 Å². The number of carbonyl (C=O) groups excluding carboxylic acids is 2. The summed E-state index contributed by atoms with van der Waals surface area (Å²) in [6.07, 6.45) is 0.608. The minimum absolute atomic E-state index is 0.249. The Morgan fingerprint density at radius 2 is 1.70 bits per heavy atom. The van der Waals surface area contributed by atoms with E-state index in [1.807, 2.05) is 55.5 Å². The molecule has 1 heterocycles. The Balaban J connectivity index is 1.65. The van der Waals surface area contributed by atoms with E-state index in [9.17, 15) is 14.7 Å². The van der Waals surface area contributed by atoms with Crippen molar-refractivity contribution in [1.29, 1.82) is 0 Å². The maximum atomic E-state index is 13.4. The van der Waals surface area contributed by atoms with Crippen molar-refractivity contribution >= 4 is 17.4 Å². The first-order valence-corrected chi connectivity index (χ1v) is 10.2. The topological polar surface area (TPSA) is 57.6 Å². The van der Waals surface area contributed by atoms with Gasteiger partial charge in [0.05, 0.1) is 18.7 Å². The molecule has 0 aromatic heterocycles. The summed E-state index contributed by atoms with van der Waals surface area (Å²) < 4.78 is 0. The molecule has 0 saturated heterocycles. The summed E-state index contributed by atoms with van der Waals surface area (Å²) in [4.78, 5) is 27.9. The van der Waals surface area contributed by atoms with Crippen LogP contribution in [-0.2, 0) is 23.4 Å². The van der Waals surface area contributed by atoms with Crippen molar-refractivity contribution in [3.8, 4) is 0 Å². The summed E-state index contributed by atoms with van der Waals surface area (Å²) in [6, 6.07) is 22.5. The van der Waals surface area contributed by atoms with Gasteiger partial charge >= 0.3 is 0 Å². The Morgan fingerprint density at radius 3 is 2.40 bits per heavy atom. The number of hydrogen-bond donors (Lipinski definition) is 1. The van der Waals surface area contributed by atoms with Gasteiger partial charge in [-0.25, -0.2) is 0 Å². The number of anilines is 1. The van der Waals surface area contributed by atoms with Gasteiger partial charge in [0.1, 0.15) is 0 Å². The number of benzene rings is 3. The normalized spacial score (nSPS) is 17.8. The van der Waals surface area contributed by atoms with Crippen molar-refractivity contribution < 1.29 is 14.7 Å². The quantitative estimate of drug-likeness (QED) is 0.618. The third-order valence-corrected chi connectivity index (χ3v) is 5.76. The second kappa shape index (κ2) is 7.88. The third-order valence-electron chi connectivity index (χ3n) is 5.76. The van der Waals surface area contributed by atoms with Gasteiger partial charge in [0.25, 0.3) is 5.91 Å². The molecule has 0 aliphatic carbocycles. The van der Waals surface area contributed by atoms with E-state index in [-0.39, 0.29) is 12.2 Å². The average Bonchev–Trinajstić information content (AvgIpc) is 2.96. The number of aliphatic hydroxyl groups is 1. The molecule has 0 fully saturated rings. The average molecular weight is 399 g/mol. The molecule has 4 heteroatoms. The number of hydrogen-bond acceptors (Lipinski definition) is 3. The highest BCUT2D eigenvalue weighted by molar-refractivity contribution is 6.10. The van der Waals surface area contributed by atoms with Gasteiger partial charge in [0.2, 0.25) is 0 Å². The second-order valence-electron chi connectivity index (χ2n) is 7.91. The molecule has 0 bridgehead atoms. The fourth-order valence-electron chi connectivity index (χ4n) is 4.09. The minimum atomic E-state index is -1.86. The standard InChI is InChI=1S/C26H25NO3/c1-3-19-11-13-21(14-12-19)24(28)16-26(30)22-9-4-5-10-23(22)27(25(26)29)17-20-8-6-7-18(2)15-20/h4-15,30H,3,16-17H2,1-2H3. The highest BCUT2D eigenvalue weighted by Crippen LogP contribution is 2.43. The number of rotatable bonds is 6. The lowest BCUT2D eigenvalue weighted by molar-refractivity contribution is -0.136. The van der Waals surface area contributed by atoms with E-state index in [1.54, 1.807) is 29.2 Å². The molecule has 3 aromatic carbocycles. The van der Waals surface area contributed by atoms with Crippen molar-refractivity contribution in [3.63, 3.8) is 0 Å². The monoisotopic (exact) mass is 399 g/mol. The number of aryl methyl sites for hydroxylation is 2. The van der Waals surface area contributed by atoms with E-state index in [0.717, 1.165) is 23.1 Å². The maximum absolute atomic E-state index is 13.4. The van der Waals surface area contributed by atoms with Crippen molar-refractivity contribution in [1.82, 2.24) is 0 Å². The molecular weight excluding hydrogens is 374 g/mol. The number of nitrogens with zero attached hydrogens (tertiary/aromatic N) is 1. The zero-order chi connectivity index (χ0) is 21.3. The van der Waals surface area contributed by atoms with Crippen molar-refractivity contribution in [2.45, 2.75) is 38.8 Å². The molecule has 0 radical (unpaired) electrons. The van der Waals surface area contributed by atoms with Crippen LogP contribution in [0.25, 0.3) is 0 Å². The van der Waals surface area contributed by atoms with Gasteiger partial charge in [-0.05, 0) is 30.5 Å². The SMILES string of the molecule is CCc1ccc(C(=O)CC2(O)C(=O)N(Cc3cccc(C)c3)c3ccccc32)cc1. The van der Waals surface area contributed by atoms with Gasteiger partial charge in [-0.3, -0.25) is 9.59 Å². The summed E-state index contributed by atoms with van der Waals surface area (Å²) in [5.74, 6) is -0.704. The van der Waals surface area contributed by atoms with Gasteiger partial charge in [0.15, 0.2) is 11.4 Å². The Bertz CT molecular complexity index is 1100. The highest BCUT2D eigenvalue weighted by atomic mass is 16.3. The van der Waals surface area contributed by atoms with Crippen LogP contribution in [0.1, 0.15) is 46.0 Å². The van der Waals surface area contributed by atoms with E-state index in [2.05, 4.69) is 6.92 Å². The lowest BCUT2D eigenvalue weighted by atomic mass is 9.88. The van der Waals surface area contributed by atoms with Crippen LogP contribution < -0.4 is 4.90 Å².